The zero-order valence-corrected chi connectivity index (χ0v) is 13.0. The molecule has 5 nitrogen and oxygen atoms in total. The quantitative estimate of drug-likeness (QED) is 0.938. The summed E-state index contributed by atoms with van der Waals surface area (Å²) >= 11 is 1.37. The number of anilines is 3. The molecule has 1 fully saturated rings. The SMILES string of the molecule is CC(C)c1nsc(Nc2ccc(N3CCCC3=O)cc2)n1. The summed E-state index contributed by atoms with van der Waals surface area (Å²) in [5, 5.41) is 4.04. The Balaban J connectivity index is 1.70. The Morgan fingerprint density at radius 3 is 2.62 bits per heavy atom. The van der Waals surface area contributed by atoms with Crippen molar-refractivity contribution >= 4 is 33.9 Å². The first-order chi connectivity index (χ1) is 10.1. The molecule has 0 atom stereocenters. The fourth-order valence-electron chi connectivity index (χ4n) is 2.29. The van der Waals surface area contributed by atoms with Gasteiger partial charge in [-0.05, 0) is 30.7 Å². The van der Waals surface area contributed by atoms with E-state index in [9.17, 15) is 4.79 Å². The van der Waals surface area contributed by atoms with Gasteiger partial charge in [-0.15, -0.1) is 0 Å². The number of amides is 1. The van der Waals surface area contributed by atoms with Gasteiger partial charge < -0.3 is 10.2 Å². The van der Waals surface area contributed by atoms with Gasteiger partial charge in [0.15, 0.2) is 0 Å². The number of nitrogens with one attached hydrogen (secondary N) is 1. The van der Waals surface area contributed by atoms with Crippen molar-refractivity contribution in [3.63, 3.8) is 0 Å². The zero-order valence-electron chi connectivity index (χ0n) is 12.2. The molecular weight excluding hydrogens is 284 g/mol. The summed E-state index contributed by atoms with van der Waals surface area (Å²) in [6.45, 7) is 4.97. The van der Waals surface area contributed by atoms with Crippen LogP contribution in [-0.4, -0.2) is 21.8 Å². The highest BCUT2D eigenvalue weighted by Gasteiger charge is 2.21. The molecular formula is C15H18N4OS. The summed E-state index contributed by atoms with van der Waals surface area (Å²) in [6.07, 6.45) is 1.60. The number of aromatic nitrogens is 2. The molecule has 0 spiro atoms. The Morgan fingerprint density at radius 2 is 2.05 bits per heavy atom. The minimum absolute atomic E-state index is 0.210. The van der Waals surface area contributed by atoms with Crippen LogP contribution in [0.1, 0.15) is 38.4 Å². The second-order valence-electron chi connectivity index (χ2n) is 5.43. The first-order valence-corrected chi connectivity index (χ1v) is 7.92. The number of rotatable bonds is 4. The fraction of sp³-hybridized carbons (Fsp3) is 0.400. The summed E-state index contributed by atoms with van der Waals surface area (Å²) in [6, 6.07) is 7.88. The molecule has 1 aliphatic rings. The van der Waals surface area contributed by atoms with Gasteiger partial charge in [0.2, 0.25) is 11.0 Å². The van der Waals surface area contributed by atoms with Crippen LogP contribution in [0, 0.1) is 0 Å². The zero-order chi connectivity index (χ0) is 14.8. The van der Waals surface area contributed by atoms with Gasteiger partial charge in [-0.1, -0.05) is 13.8 Å². The Labute approximate surface area is 128 Å². The van der Waals surface area contributed by atoms with E-state index in [1.165, 1.54) is 11.5 Å². The monoisotopic (exact) mass is 302 g/mol. The fourth-order valence-corrected chi connectivity index (χ4v) is 3.02. The Bertz CT molecular complexity index is 635. The first-order valence-electron chi connectivity index (χ1n) is 7.14. The predicted octanol–water partition coefficient (Wildman–Crippen LogP) is 3.53. The molecule has 6 heteroatoms. The highest BCUT2D eigenvalue weighted by molar-refractivity contribution is 7.09. The number of hydrogen-bond acceptors (Lipinski definition) is 5. The van der Waals surface area contributed by atoms with Crippen LogP contribution >= 0.6 is 11.5 Å². The maximum Gasteiger partial charge on any atom is 0.227 e. The van der Waals surface area contributed by atoms with E-state index in [2.05, 4.69) is 28.5 Å². The molecule has 1 aromatic carbocycles. The van der Waals surface area contributed by atoms with Gasteiger partial charge in [-0.3, -0.25) is 4.79 Å². The van der Waals surface area contributed by atoms with Crippen molar-refractivity contribution in [2.24, 2.45) is 0 Å². The van der Waals surface area contributed by atoms with E-state index in [1.807, 2.05) is 29.2 Å². The highest BCUT2D eigenvalue weighted by Crippen LogP contribution is 2.25. The maximum atomic E-state index is 11.7. The lowest BCUT2D eigenvalue weighted by molar-refractivity contribution is -0.117. The molecule has 0 radical (unpaired) electrons. The van der Waals surface area contributed by atoms with Gasteiger partial charge in [0.25, 0.3) is 0 Å². The van der Waals surface area contributed by atoms with Gasteiger partial charge in [0.05, 0.1) is 0 Å². The second kappa shape index (κ2) is 5.81. The third-order valence-electron chi connectivity index (χ3n) is 3.46. The normalized spacial score (nSPS) is 15.0. The molecule has 0 saturated carbocycles. The lowest BCUT2D eigenvalue weighted by atomic mass is 10.2. The average Bonchev–Trinajstić information content (AvgIpc) is 3.09. The Hall–Kier alpha value is -1.95. The van der Waals surface area contributed by atoms with Gasteiger partial charge >= 0.3 is 0 Å². The van der Waals surface area contributed by atoms with Gasteiger partial charge in [0.1, 0.15) is 5.82 Å². The lowest BCUT2D eigenvalue weighted by Gasteiger charge is -2.15. The van der Waals surface area contributed by atoms with Crippen molar-refractivity contribution in [2.45, 2.75) is 32.6 Å². The molecule has 1 aliphatic heterocycles. The van der Waals surface area contributed by atoms with E-state index in [1.54, 1.807) is 0 Å². The van der Waals surface area contributed by atoms with Gasteiger partial charge in [-0.2, -0.15) is 4.37 Å². The van der Waals surface area contributed by atoms with Gasteiger partial charge in [0, 0.05) is 41.8 Å². The third kappa shape index (κ3) is 3.05. The smallest absolute Gasteiger partial charge is 0.227 e. The molecule has 110 valence electrons. The van der Waals surface area contributed by atoms with Crippen LogP contribution < -0.4 is 10.2 Å². The van der Waals surface area contributed by atoms with Crippen LogP contribution in [-0.2, 0) is 4.79 Å². The van der Waals surface area contributed by atoms with Crippen molar-refractivity contribution < 1.29 is 4.79 Å². The first kappa shape index (κ1) is 14.0. The second-order valence-corrected chi connectivity index (χ2v) is 6.19. The van der Waals surface area contributed by atoms with E-state index in [0.29, 0.717) is 12.3 Å². The molecule has 0 bridgehead atoms. The largest absolute Gasteiger partial charge is 0.330 e. The van der Waals surface area contributed by atoms with Crippen LogP contribution in [0.5, 0.6) is 0 Å². The standard InChI is InChI=1S/C15H18N4OS/c1-10(2)14-17-15(21-18-14)16-11-5-7-12(8-6-11)19-9-3-4-13(19)20/h5-8,10H,3-4,9H2,1-2H3,(H,16,17,18). The number of carbonyl (C=O) groups is 1. The molecule has 0 unspecified atom stereocenters. The van der Waals surface area contributed by atoms with E-state index in [0.717, 1.165) is 35.3 Å². The number of benzene rings is 1. The van der Waals surface area contributed by atoms with Crippen molar-refractivity contribution in [2.75, 3.05) is 16.8 Å². The van der Waals surface area contributed by atoms with Crippen LogP contribution in [0.2, 0.25) is 0 Å². The summed E-state index contributed by atoms with van der Waals surface area (Å²) in [7, 11) is 0. The lowest BCUT2D eigenvalue weighted by Crippen LogP contribution is -2.23. The molecule has 21 heavy (non-hydrogen) atoms. The van der Waals surface area contributed by atoms with E-state index < -0.39 is 0 Å². The predicted molar refractivity (Wildman–Crippen MR) is 85.3 cm³/mol. The molecule has 1 saturated heterocycles. The van der Waals surface area contributed by atoms with Crippen molar-refractivity contribution in [1.82, 2.24) is 9.36 Å². The minimum Gasteiger partial charge on any atom is -0.330 e. The molecule has 1 aromatic heterocycles. The van der Waals surface area contributed by atoms with Crippen LogP contribution in [0.4, 0.5) is 16.5 Å². The molecule has 1 N–H and O–H groups in total. The van der Waals surface area contributed by atoms with E-state index >= 15 is 0 Å². The number of nitrogens with zero attached hydrogens (tertiary/aromatic N) is 3. The summed E-state index contributed by atoms with van der Waals surface area (Å²) in [5.74, 6) is 1.41. The minimum atomic E-state index is 0.210. The molecule has 3 rings (SSSR count). The third-order valence-corrected chi connectivity index (χ3v) is 4.11. The molecule has 1 amide bonds. The van der Waals surface area contributed by atoms with Gasteiger partial charge in [-0.25, -0.2) is 4.98 Å². The van der Waals surface area contributed by atoms with Crippen LogP contribution in [0.25, 0.3) is 0 Å². The molecule has 2 heterocycles. The molecule has 0 aliphatic carbocycles. The van der Waals surface area contributed by atoms with E-state index in [-0.39, 0.29) is 5.91 Å². The van der Waals surface area contributed by atoms with Crippen molar-refractivity contribution in [1.29, 1.82) is 0 Å². The van der Waals surface area contributed by atoms with E-state index in [4.69, 9.17) is 0 Å². The Kier molecular flexibility index (Phi) is 3.88. The van der Waals surface area contributed by atoms with Crippen LogP contribution in [0.3, 0.4) is 0 Å². The summed E-state index contributed by atoms with van der Waals surface area (Å²) in [5.41, 5.74) is 1.92. The number of carbonyl (C=O) groups excluding carboxylic acids is 1. The molecule has 2 aromatic rings. The van der Waals surface area contributed by atoms with Crippen molar-refractivity contribution in [3.05, 3.63) is 30.1 Å². The highest BCUT2D eigenvalue weighted by atomic mass is 32.1. The number of hydrogen-bond donors (Lipinski definition) is 1. The summed E-state index contributed by atoms with van der Waals surface area (Å²) in [4.78, 5) is 18.0. The topological polar surface area (TPSA) is 58.1 Å². The van der Waals surface area contributed by atoms with Crippen LogP contribution in [0.15, 0.2) is 24.3 Å². The Morgan fingerprint density at radius 1 is 1.29 bits per heavy atom. The maximum absolute atomic E-state index is 11.7. The average molecular weight is 302 g/mol. The summed E-state index contributed by atoms with van der Waals surface area (Å²) < 4.78 is 4.32. The van der Waals surface area contributed by atoms with Crippen molar-refractivity contribution in [3.8, 4) is 0 Å².